The molecule has 8 nitrogen and oxygen atoms in total. The van der Waals surface area contributed by atoms with Crippen LogP contribution in [0, 0.1) is 0 Å². The molecule has 1 aromatic carbocycles. The molecule has 1 amide bonds. The smallest absolute Gasteiger partial charge is 0.237 e. The number of carbonyl (C=O) groups is 1. The van der Waals surface area contributed by atoms with Crippen molar-refractivity contribution in [2.75, 3.05) is 29.1 Å². The van der Waals surface area contributed by atoms with E-state index in [0.717, 1.165) is 43.3 Å². The molecule has 1 aliphatic heterocycles. The summed E-state index contributed by atoms with van der Waals surface area (Å²) in [5, 5.41) is 16.8. The third kappa shape index (κ3) is 5.04. The van der Waals surface area contributed by atoms with Crippen molar-refractivity contribution in [3.8, 4) is 5.69 Å². The van der Waals surface area contributed by atoms with Gasteiger partial charge < -0.3 is 9.42 Å². The number of nitrogens with one attached hydrogen (secondary N) is 1. The Morgan fingerprint density at radius 1 is 1.23 bits per heavy atom. The molecule has 1 N–H and O–H groups in total. The molecule has 1 aliphatic rings. The van der Waals surface area contributed by atoms with Crippen LogP contribution >= 0.6 is 23.4 Å². The average molecular weight is 461 g/mol. The highest BCUT2D eigenvalue weighted by Gasteiger charge is 2.24. The van der Waals surface area contributed by atoms with Crippen molar-refractivity contribution in [1.29, 1.82) is 0 Å². The highest BCUT2D eigenvalue weighted by molar-refractivity contribution is 7.99. The number of carbonyl (C=O) groups excluding carboxylic acids is 1. The minimum absolute atomic E-state index is 0.152. The van der Waals surface area contributed by atoms with Gasteiger partial charge in [-0.25, -0.2) is 0 Å². The van der Waals surface area contributed by atoms with Crippen LogP contribution in [0.1, 0.15) is 39.3 Å². The molecule has 3 heterocycles. The van der Waals surface area contributed by atoms with Crippen molar-refractivity contribution in [1.82, 2.24) is 19.9 Å². The Hall–Kier alpha value is -2.52. The van der Waals surface area contributed by atoms with E-state index in [1.54, 1.807) is 6.07 Å². The van der Waals surface area contributed by atoms with Gasteiger partial charge in [0.1, 0.15) is 0 Å². The lowest BCUT2D eigenvalue weighted by atomic mass is 9.92. The fraction of sp³-hybridized carbons (Fsp3) is 0.429. The number of rotatable bonds is 6. The first-order chi connectivity index (χ1) is 14.8. The maximum absolute atomic E-state index is 12.5. The Balaban J connectivity index is 1.50. The van der Waals surface area contributed by atoms with Crippen molar-refractivity contribution in [3.05, 3.63) is 41.0 Å². The molecule has 0 saturated carbocycles. The monoisotopic (exact) mass is 460 g/mol. The second-order valence-corrected chi connectivity index (χ2v) is 9.83. The second kappa shape index (κ2) is 8.92. The number of hydrogen-bond donors (Lipinski definition) is 1. The Morgan fingerprint density at radius 2 is 2.00 bits per heavy atom. The quantitative estimate of drug-likeness (QED) is 0.540. The van der Waals surface area contributed by atoms with Gasteiger partial charge in [0.25, 0.3) is 0 Å². The summed E-state index contributed by atoms with van der Waals surface area (Å²) >= 11 is 7.54. The topological polar surface area (TPSA) is 89.1 Å². The third-order valence-electron chi connectivity index (χ3n) is 4.95. The summed E-state index contributed by atoms with van der Waals surface area (Å²) in [6.45, 7) is 7.98. The number of benzene rings is 1. The average Bonchev–Trinajstić information content (AvgIpc) is 3.45. The predicted octanol–water partition coefficient (Wildman–Crippen LogP) is 4.54. The van der Waals surface area contributed by atoms with E-state index in [-0.39, 0.29) is 17.1 Å². The Morgan fingerprint density at radius 3 is 2.68 bits per heavy atom. The summed E-state index contributed by atoms with van der Waals surface area (Å²) in [6.07, 6.45) is 2.25. The number of anilines is 2. The van der Waals surface area contributed by atoms with E-state index < -0.39 is 0 Å². The van der Waals surface area contributed by atoms with Gasteiger partial charge in [0.2, 0.25) is 17.7 Å². The van der Waals surface area contributed by atoms with Gasteiger partial charge in [-0.1, -0.05) is 55.4 Å². The van der Waals surface area contributed by atoms with Gasteiger partial charge in [-0.2, -0.15) is 0 Å². The van der Waals surface area contributed by atoms with E-state index in [2.05, 4.69) is 25.6 Å². The molecule has 0 spiro atoms. The normalized spacial score (nSPS) is 14.3. The van der Waals surface area contributed by atoms with E-state index in [9.17, 15) is 4.79 Å². The van der Waals surface area contributed by atoms with Crippen LogP contribution in [0.5, 0.6) is 0 Å². The molecule has 10 heteroatoms. The number of nitrogens with zero attached hydrogens (tertiary/aromatic N) is 5. The number of hydrogen-bond acceptors (Lipinski definition) is 7. The zero-order chi connectivity index (χ0) is 22.0. The summed E-state index contributed by atoms with van der Waals surface area (Å²) in [7, 11) is 0. The van der Waals surface area contributed by atoms with Gasteiger partial charge in [0.05, 0.1) is 17.1 Å². The summed E-state index contributed by atoms with van der Waals surface area (Å²) < 4.78 is 7.21. The van der Waals surface area contributed by atoms with Crippen LogP contribution < -0.4 is 10.2 Å². The molecule has 0 atom stereocenters. The Kier molecular flexibility index (Phi) is 6.24. The van der Waals surface area contributed by atoms with Crippen LogP contribution in [0.15, 0.2) is 40.0 Å². The van der Waals surface area contributed by atoms with E-state index in [1.807, 2.05) is 49.6 Å². The molecule has 0 bridgehead atoms. The minimum Gasteiger partial charge on any atom is -0.341 e. The van der Waals surface area contributed by atoms with Gasteiger partial charge in [0, 0.05) is 29.6 Å². The van der Waals surface area contributed by atoms with Crippen molar-refractivity contribution in [3.63, 3.8) is 0 Å². The summed E-state index contributed by atoms with van der Waals surface area (Å²) in [5.41, 5.74) is 1.50. The van der Waals surface area contributed by atoms with Gasteiger partial charge >= 0.3 is 0 Å². The molecule has 2 aromatic heterocycles. The molecule has 0 radical (unpaired) electrons. The lowest BCUT2D eigenvalue weighted by Crippen LogP contribution is -2.22. The molecule has 0 aliphatic carbocycles. The SMILES string of the molecule is CC(C)(C)c1cc(NC(=O)CSc2nnc(N3CCCC3)n2-c2cccc(Cl)c2)on1. The van der Waals surface area contributed by atoms with Gasteiger partial charge in [-0.05, 0) is 31.0 Å². The molecule has 3 aromatic rings. The fourth-order valence-corrected chi connectivity index (χ4v) is 4.24. The van der Waals surface area contributed by atoms with Crippen LogP contribution in [-0.4, -0.2) is 44.7 Å². The van der Waals surface area contributed by atoms with E-state index in [0.29, 0.717) is 16.1 Å². The van der Waals surface area contributed by atoms with Gasteiger partial charge in [-0.15, -0.1) is 10.2 Å². The summed E-state index contributed by atoms with van der Waals surface area (Å²) in [6, 6.07) is 9.30. The second-order valence-electron chi connectivity index (χ2n) is 8.46. The largest absolute Gasteiger partial charge is 0.341 e. The molecule has 31 heavy (non-hydrogen) atoms. The van der Waals surface area contributed by atoms with Crippen LogP contribution in [0.3, 0.4) is 0 Å². The van der Waals surface area contributed by atoms with Crippen molar-refractivity contribution in [2.45, 2.75) is 44.2 Å². The van der Waals surface area contributed by atoms with Crippen LogP contribution in [0.2, 0.25) is 5.02 Å². The number of thioether (sulfide) groups is 1. The van der Waals surface area contributed by atoms with Crippen LogP contribution in [0.4, 0.5) is 11.8 Å². The summed E-state index contributed by atoms with van der Waals surface area (Å²) in [5.74, 6) is 1.06. The van der Waals surface area contributed by atoms with Gasteiger partial charge in [0.15, 0.2) is 5.16 Å². The maximum Gasteiger partial charge on any atom is 0.237 e. The van der Waals surface area contributed by atoms with Crippen LogP contribution in [0.25, 0.3) is 5.69 Å². The van der Waals surface area contributed by atoms with Gasteiger partial charge in [-0.3, -0.25) is 14.7 Å². The minimum atomic E-state index is -0.204. The molecular weight excluding hydrogens is 436 g/mol. The zero-order valence-corrected chi connectivity index (χ0v) is 19.3. The number of aromatic nitrogens is 4. The molecular formula is C21H25ClN6O2S. The predicted molar refractivity (Wildman–Crippen MR) is 122 cm³/mol. The highest BCUT2D eigenvalue weighted by Crippen LogP contribution is 2.30. The molecule has 1 fully saturated rings. The van der Waals surface area contributed by atoms with E-state index in [4.69, 9.17) is 16.1 Å². The highest BCUT2D eigenvalue weighted by atomic mass is 35.5. The van der Waals surface area contributed by atoms with Crippen molar-refractivity contribution in [2.24, 2.45) is 0 Å². The Bertz CT molecular complexity index is 1070. The van der Waals surface area contributed by atoms with E-state index in [1.165, 1.54) is 11.8 Å². The first-order valence-electron chi connectivity index (χ1n) is 10.2. The third-order valence-corrected chi connectivity index (χ3v) is 6.11. The molecule has 4 rings (SSSR count). The molecule has 0 unspecified atom stereocenters. The molecule has 164 valence electrons. The van der Waals surface area contributed by atoms with Crippen molar-refractivity contribution < 1.29 is 9.32 Å². The summed E-state index contributed by atoms with van der Waals surface area (Å²) in [4.78, 5) is 14.7. The number of amides is 1. The maximum atomic E-state index is 12.5. The van der Waals surface area contributed by atoms with E-state index >= 15 is 0 Å². The first kappa shape index (κ1) is 21.7. The fourth-order valence-electron chi connectivity index (χ4n) is 3.31. The van der Waals surface area contributed by atoms with Crippen LogP contribution in [-0.2, 0) is 10.2 Å². The molecule has 1 saturated heterocycles. The lowest BCUT2D eigenvalue weighted by Gasteiger charge is -2.18. The number of halogens is 1. The van der Waals surface area contributed by atoms with Crippen molar-refractivity contribution >= 4 is 41.1 Å². The zero-order valence-electron chi connectivity index (χ0n) is 17.8. The standard InChI is InChI=1S/C21H25ClN6O2S/c1-21(2,3)16-12-18(30-26-16)23-17(29)13-31-20-25-24-19(27-9-4-5-10-27)28(20)15-8-6-7-14(22)11-15/h6-8,11-12H,4-5,9-10,13H2,1-3H3,(H,23,29). The Labute approximate surface area is 190 Å². The lowest BCUT2D eigenvalue weighted by molar-refractivity contribution is -0.113. The first-order valence-corrected chi connectivity index (χ1v) is 11.5.